The zero-order chi connectivity index (χ0) is 12.3. The molecule has 2 aliphatic rings. The van der Waals surface area contributed by atoms with Crippen molar-refractivity contribution in [3.63, 3.8) is 0 Å². The number of hydrogen-bond donors (Lipinski definition) is 1. The first-order chi connectivity index (χ1) is 8.20. The molecule has 1 saturated carbocycles. The predicted octanol–water partition coefficient (Wildman–Crippen LogP) is 0.729. The van der Waals surface area contributed by atoms with Crippen molar-refractivity contribution in [1.29, 1.82) is 0 Å². The summed E-state index contributed by atoms with van der Waals surface area (Å²) >= 11 is 0. The van der Waals surface area contributed by atoms with Gasteiger partial charge in [-0.05, 0) is 25.7 Å². The van der Waals surface area contributed by atoms with Crippen molar-refractivity contribution < 1.29 is 19.4 Å². The highest BCUT2D eigenvalue weighted by molar-refractivity contribution is 5.72. The Kier molecular flexibility index (Phi) is 4.36. The molecule has 0 aromatic carbocycles. The fourth-order valence-electron chi connectivity index (χ4n) is 2.35. The Hall–Kier alpha value is -0.650. The van der Waals surface area contributed by atoms with Gasteiger partial charge in [0.1, 0.15) is 0 Å². The summed E-state index contributed by atoms with van der Waals surface area (Å²) in [6.45, 7) is 2.49. The molecule has 2 unspecified atom stereocenters. The second-order valence-corrected chi connectivity index (χ2v) is 4.88. The van der Waals surface area contributed by atoms with E-state index in [2.05, 4.69) is 4.90 Å². The van der Waals surface area contributed by atoms with Crippen molar-refractivity contribution in [1.82, 2.24) is 4.90 Å². The van der Waals surface area contributed by atoms with E-state index in [0.29, 0.717) is 12.5 Å². The van der Waals surface area contributed by atoms with E-state index in [-0.39, 0.29) is 6.10 Å². The Morgan fingerprint density at radius 1 is 1.41 bits per heavy atom. The fraction of sp³-hybridized carbons (Fsp3) is 0.917. The molecule has 2 atom stereocenters. The number of carbonyl (C=O) groups is 1. The molecule has 0 spiro atoms. The molecule has 1 heterocycles. The van der Waals surface area contributed by atoms with Crippen LogP contribution in [0.3, 0.4) is 0 Å². The topological polar surface area (TPSA) is 59.0 Å². The lowest BCUT2D eigenvalue weighted by atomic mass is 10.2. The summed E-state index contributed by atoms with van der Waals surface area (Å²) in [5.41, 5.74) is 0. The highest BCUT2D eigenvalue weighted by Crippen LogP contribution is 2.29. The third kappa shape index (κ3) is 3.66. The SMILES string of the molecule is COCCN(CC1CCC(C(=O)O)O1)C1CC1. The van der Waals surface area contributed by atoms with Crippen LogP contribution in [0.15, 0.2) is 0 Å². The molecule has 0 aromatic heterocycles. The van der Waals surface area contributed by atoms with E-state index in [1.807, 2.05) is 0 Å². The number of ether oxygens (including phenoxy) is 2. The number of nitrogens with zero attached hydrogens (tertiary/aromatic N) is 1. The van der Waals surface area contributed by atoms with Gasteiger partial charge in [0.25, 0.3) is 0 Å². The molecule has 0 amide bonds. The van der Waals surface area contributed by atoms with Gasteiger partial charge in [-0.25, -0.2) is 4.79 Å². The largest absolute Gasteiger partial charge is 0.479 e. The van der Waals surface area contributed by atoms with Gasteiger partial charge < -0.3 is 14.6 Å². The molecule has 0 radical (unpaired) electrons. The predicted molar refractivity (Wildman–Crippen MR) is 62.0 cm³/mol. The van der Waals surface area contributed by atoms with Gasteiger partial charge in [-0.15, -0.1) is 0 Å². The number of aliphatic carboxylic acids is 1. The van der Waals surface area contributed by atoms with Crippen molar-refractivity contribution in [2.24, 2.45) is 0 Å². The highest BCUT2D eigenvalue weighted by atomic mass is 16.5. The van der Waals surface area contributed by atoms with Gasteiger partial charge >= 0.3 is 5.97 Å². The number of rotatable bonds is 7. The highest BCUT2D eigenvalue weighted by Gasteiger charge is 2.35. The van der Waals surface area contributed by atoms with Crippen molar-refractivity contribution in [2.75, 3.05) is 26.8 Å². The van der Waals surface area contributed by atoms with Gasteiger partial charge in [-0.2, -0.15) is 0 Å². The lowest BCUT2D eigenvalue weighted by molar-refractivity contribution is -0.149. The molecule has 1 N–H and O–H groups in total. The maximum atomic E-state index is 10.8. The summed E-state index contributed by atoms with van der Waals surface area (Å²) in [5, 5.41) is 8.87. The average molecular weight is 243 g/mol. The van der Waals surface area contributed by atoms with E-state index < -0.39 is 12.1 Å². The van der Waals surface area contributed by atoms with E-state index in [0.717, 1.165) is 26.1 Å². The molecular weight excluding hydrogens is 222 g/mol. The first-order valence-corrected chi connectivity index (χ1v) is 6.32. The minimum Gasteiger partial charge on any atom is -0.479 e. The molecule has 17 heavy (non-hydrogen) atoms. The summed E-state index contributed by atoms with van der Waals surface area (Å²) in [6, 6.07) is 0.664. The Morgan fingerprint density at radius 3 is 2.71 bits per heavy atom. The Morgan fingerprint density at radius 2 is 2.18 bits per heavy atom. The second kappa shape index (κ2) is 5.80. The van der Waals surface area contributed by atoms with Gasteiger partial charge in [0, 0.05) is 26.2 Å². The summed E-state index contributed by atoms with van der Waals surface area (Å²) in [4.78, 5) is 13.2. The van der Waals surface area contributed by atoms with E-state index in [1.165, 1.54) is 12.8 Å². The Balaban J connectivity index is 1.76. The molecule has 1 saturated heterocycles. The van der Waals surface area contributed by atoms with Crippen LogP contribution < -0.4 is 0 Å². The number of carboxylic acid groups (broad SMARTS) is 1. The van der Waals surface area contributed by atoms with Crippen LogP contribution in [0, 0.1) is 0 Å². The van der Waals surface area contributed by atoms with Crippen LogP contribution in [-0.4, -0.2) is 61.0 Å². The van der Waals surface area contributed by atoms with Crippen LogP contribution >= 0.6 is 0 Å². The van der Waals surface area contributed by atoms with Crippen molar-refractivity contribution >= 4 is 5.97 Å². The Bertz CT molecular complexity index is 267. The van der Waals surface area contributed by atoms with Crippen LogP contribution in [0.4, 0.5) is 0 Å². The summed E-state index contributed by atoms with van der Waals surface area (Å²) in [7, 11) is 1.71. The fourth-order valence-corrected chi connectivity index (χ4v) is 2.35. The van der Waals surface area contributed by atoms with E-state index in [1.54, 1.807) is 7.11 Å². The molecule has 5 nitrogen and oxygen atoms in total. The van der Waals surface area contributed by atoms with Gasteiger partial charge in [0.15, 0.2) is 6.10 Å². The molecular formula is C12H21NO4. The maximum absolute atomic E-state index is 10.8. The van der Waals surface area contributed by atoms with E-state index in [9.17, 15) is 4.79 Å². The summed E-state index contributed by atoms with van der Waals surface area (Å²) < 4.78 is 10.6. The first kappa shape index (κ1) is 12.8. The second-order valence-electron chi connectivity index (χ2n) is 4.88. The minimum atomic E-state index is -0.831. The third-order valence-electron chi connectivity index (χ3n) is 3.47. The Labute approximate surface area is 102 Å². The molecule has 0 bridgehead atoms. The van der Waals surface area contributed by atoms with Gasteiger partial charge in [0.2, 0.25) is 0 Å². The van der Waals surface area contributed by atoms with Crippen molar-refractivity contribution in [2.45, 2.75) is 43.9 Å². The molecule has 98 valence electrons. The van der Waals surface area contributed by atoms with Gasteiger partial charge in [0.05, 0.1) is 12.7 Å². The number of methoxy groups -OCH3 is 1. The van der Waals surface area contributed by atoms with Crippen molar-refractivity contribution in [3.8, 4) is 0 Å². The lowest BCUT2D eigenvalue weighted by Gasteiger charge is -2.24. The van der Waals surface area contributed by atoms with Gasteiger partial charge in [-0.3, -0.25) is 4.90 Å². The van der Waals surface area contributed by atoms with Crippen LogP contribution in [0.2, 0.25) is 0 Å². The maximum Gasteiger partial charge on any atom is 0.332 e. The molecule has 5 heteroatoms. The average Bonchev–Trinajstić information content (AvgIpc) is 3.04. The molecule has 1 aliphatic carbocycles. The summed E-state index contributed by atoms with van der Waals surface area (Å²) in [6.07, 6.45) is 3.48. The standard InChI is InChI=1S/C12H21NO4/c1-16-7-6-13(9-2-3-9)8-10-4-5-11(17-10)12(14)15/h9-11H,2-8H2,1H3,(H,14,15). The molecule has 1 aliphatic heterocycles. The third-order valence-corrected chi connectivity index (χ3v) is 3.47. The monoisotopic (exact) mass is 243 g/mol. The first-order valence-electron chi connectivity index (χ1n) is 6.32. The van der Waals surface area contributed by atoms with E-state index >= 15 is 0 Å². The molecule has 0 aromatic rings. The quantitative estimate of drug-likeness (QED) is 0.714. The lowest BCUT2D eigenvalue weighted by Crippen LogP contribution is -2.37. The minimum absolute atomic E-state index is 0.0774. The number of hydrogen-bond acceptors (Lipinski definition) is 4. The van der Waals surface area contributed by atoms with Crippen molar-refractivity contribution in [3.05, 3.63) is 0 Å². The van der Waals surface area contributed by atoms with Crippen LogP contribution in [0.1, 0.15) is 25.7 Å². The normalized spacial score (nSPS) is 28.8. The van der Waals surface area contributed by atoms with Crippen LogP contribution in [0.5, 0.6) is 0 Å². The summed E-state index contributed by atoms with van der Waals surface area (Å²) in [5.74, 6) is -0.831. The van der Waals surface area contributed by atoms with Gasteiger partial charge in [-0.1, -0.05) is 0 Å². The molecule has 2 fully saturated rings. The van der Waals surface area contributed by atoms with Crippen LogP contribution in [0.25, 0.3) is 0 Å². The number of carboxylic acids is 1. The molecule has 2 rings (SSSR count). The zero-order valence-electron chi connectivity index (χ0n) is 10.3. The van der Waals surface area contributed by atoms with E-state index in [4.69, 9.17) is 14.6 Å². The van der Waals surface area contributed by atoms with Crippen LogP contribution in [-0.2, 0) is 14.3 Å². The smallest absolute Gasteiger partial charge is 0.332 e. The zero-order valence-corrected chi connectivity index (χ0v) is 10.3.